The number of nitrogens with zero attached hydrogens (tertiary/aromatic N) is 1. The number of methoxy groups -OCH3 is 1. The quantitative estimate of drug-likeness (QED) is 0.131. The second kappa shape index (κ2) is 10.2. The van der Waals surface area contributed by atoms with Crippen molar-refractivity contribution in [2.75, 3.05) is 26.7 Å². The van der Waals surface area contributed by atoms with Crippen LogP contribution in [0.25, 0.3) is 22.2 Å². The number of primary sulfonamides is 1. The second-order valence-electron chi connectivity index (χ2n) is 8.74. The van der Waals surface area contributed by atoms with Gasteiger partial charge in [-0.05, 0) is 17.7 Å². The number of nitrogens with one attached hydrogen (secondary N) is 7. The summed E-state index contributed by atoms with van der Waals surface area (Å²) in [6, 6.07) is 7.65. The van der Waals surface area contributed by atoms with E-state index >= 15 is 0 Å². The van der Waals surface area contributed by atoms with Crippen LogP contribution in [0.3, 0.4) is 0 Å². The van der Waals surface area contributed by atoms with Crippen LogP contribution in [0.5, 0.6) is 0 Å². The predicted octanol–water partition coefficient (Wildman–Crippen LogP) is -2.36. The summed E-state index contributed by atoms with van der Waals surface area (Å²) in [4.78, 5) is 30.3. The third-order valence-electron chi connectivity index (χ3n) is 6.36. The number of fused-ring (bicyclic) bond motifs is 1. The van der Waals surface area contributed by atoms with Crippen LogP contribution >= 0.6 is 0 Å². The zero-order chi connectivity index (χ0) is 27.9. The van der Waals surface area contributed by atoms with Crippen LogP contribution in [0, 0.1) is 0 Å². The molecule has 2 fully saturated rings. The minimum atomic E-state index is -4.58. The molecule has 2 aromatic carbocycles. The number of carbonyl (C=O) groups is 2. The van der Waals surface area contributed by atoms with Crippen LogP contribution in [-0.2, 0) is 29.4 Å². The summed E-state index contributed by atoms with van der Waals surface area (Å²) >= 11 is 0. The van der Waals surface area contributed by atoms with E-state index in [1.807, 2.05) is 0 Å². The monoisotopic (exact) mass is 579 g/mol. The fourth-order valence-electron chi connectivity index (χ4n) is 4.34. The van der Waals surface area contributed by atoms with Crippen molar-refractivity contribution in [1.82, 2.24) is 42.5 Å². The van der Waals surface area contributed by atoms with Crippen molar-refractivity contribution in [3.05, 3.63) is 41.7 Å². The molecule has 208 valence electrons. The Balaban J connectivity index is 1.71. The third-order valence-corrected chi connectivity index (χ3v) is 9.66. The normalized spacial score (nSPS) is 16.8. The number of para-hydroxylation sites is 1. The summed E-state index contributed by atoms with van der Waals surface area (Å²) in [6.45, 7) is -0.00754. The summed E-state index contributed by atoms with van der Waals surface area (Å²) in [5.74, 6) is -1.42. The molecule has 39 heavy (non-hydrogen) atoms. The molecule has 3 heterocycles. The van der Waals surface area contributed by atoms with E-state index in [4.69, 9.17) is 5.14 Å². The number of imidazole rings is 1. The topological polar surface area (TPSA) is 239 Å². The minimum Gasteiger partial charge on any atom is -0.468 e. The summed E-state index contributed by atoms with van der Waals surface area (Å²) in [7, 11) is -7.46. The first-order chi connectivity index (χ1) is 18.5. The molecular formula is C21H25N9O7S2. The molecule has 2 aliphatic heterocycles. The zero-order valence-electron chi connectivity index (χ0n) is 20.4. The molecule has 5 rings (SSSR count). The van der Waals surface area contributed by atoms with Gasteiger partial charge in [-0.3, -0.25) is 9.59 Å². The maximum atomic E-state index is 13.4. The van der Waals surface area contributed by atoms with Gasteiger partial charge < -0.3 is 20.4 Å². The standard InChI is InChI=1S/C21H25N9O7S2/c1-37-15(31)9-24-21(32)20-25-13-4-2-3-12(17(13)26-20)11-5-6-14(38(33,34)10-7-23-8-10)18(39(22,35)36)16(11)19-27-29-30-28-19/h2-6,10,19,23,27-30H,7-9H2,1H3,(H,24,32)(H,25,26)(H2,22,35,36). The maximum absolute atomic E-state index is 13.4. The molecule has 1 aromatic heterocycles. The molecule has 0 spiro atoms. The number of rotatable bonds is 8. The lowest BCUT2D eigenvalue weighted by atomic mass is 9.96. The molecule has 0 radical (unpaired) electrons. The number of hydrazine groups is 3. The van der Waals surface area contributed by atoms with E-state index in [0.717, 1.165) is 0 Å². The fourth-order valence-corrected chi connectivity index (χ4v) is 7.58. The van der Waals surface area contributed by atoms with E-state index in [1.165, 1.54) is 19.2 Å². The maximum Gasteiger partial charge on any atom is 0.325 e. The summed E-state index contributed by atoms with van der Waals surface area (Å²) in [6.07, 6.45) is -0.944. The molecular weight excluding hydrogens is 554 g/mol. The van der Waals surface area contributed by atoms with E-state index in [2.05, 4.69) is 47.3 Å². The highest BCUT2D eigenvalue weighted by Crippen LogP contribution is 2.39. The van der Waals surface area contributed by atoms with Crippen LogP contribution < -0.4 is 37.7 Å². The molecule has 1 amide bonds. The SMILES string of the molecule is COC(=O)CNC(=O)c1nc2c(-c3ccc(S(=O)(=O)C4CNC4)c(S(N)(=O)=O)c3C3NNNN3)cccc2[nH]1. The van der Waals surface area contributed by atoms with E-state index in [1.54, 1.807) is 18.2 Å². The highest BCUT2D eigenvalue weighted by Gasteiger charge is 2.39. The molecule has 0 unspecified atom stereocenters. The highest BCUT2D eigenvalue weighted by atomic mass is 32.2. The van der Waals surface area contributed by atoms with Crippen LogP contribution in [0.2, 0.25) is 0 Å². The third kappa shape index (κ3) is 4.99. The molecule has 18 heteroatoms. The average Bonchev–Trinajstić information content (AvgIpc) is 3.54. The van der Waals surface area contributed by atoms with Crippen molar-refractivity contribution in [2.24, 2.45) is 5.14 Å². The largest absolute Gasteiger partial charge is 0.468 e. The van der Waals surface area contributed by atoms with Gasteiger partial charge in [0.25, 0.3) is 5.91 Å². The Hall–Kier alpha value is -3.49. The number of sulfone groups is 1. The first kappa shape index (κ1) is 27.1. The Morgan fingerprint density at radius 3 is 2.41 bits per heavy atom. The molecule has 2 aliphatic rings. The Morgan fingerprint density at radius 2 is 1.79 bits per heavy atom. The highest BCUT2D eigenvalue weighted by molar-refractivity contribution is 7.94. The van der Waals surface area contributed by atoms with E-state index in [9.17, 15) is 26.4 Å². The number of esters is 1. The number of hydrogen-bond acceptors (Lipinski definition) is 13. The molecule has 0 bridgehead atoms. The van der Waals surface area contributed by atoms with Gasteiger partial charge in [0, 0.05) is 24.2 Å². The number of ether oxygens (including phenoxy) is 1. The van der Waals surface area contributed by atoms with E-state index in [0.29, 0.717) is 22.2 Å². The van der Waals surface area contributed by atoms with Crippen molar-refractivity contribution in [1.29, 1.82) is 0 Å². The molecule has 16 nitrogen and oxygen atoms in total. The van der Waals surface area contributed by atoms with Gasteiger partial charge in [0.2, 0.25) is 10.0 Å². The Morgan fingerprint density at radius 1 is 1.08 bits per heavy atom. The minimum absolute atomic E-state index is 0.0237. The van der Waals surface area contributed by atoms with Crippen LogP contribution in [0.15, 0.2) is 40.1 Å². The van der Waals surface area contributed by atoms with Gasteiger partial charge in [-0.1, -0.05) is 18.2 Å². The first-order valence-electron chi connectivity index (χ1n) is 11.5. The first-order valence-corrected chi connectivity index (χ1v) is 14.6. The number of benzene rings is 2. The number of carbonyl (C=O) groups excluding carboxylic acids is 2. The lowest BCUT2D eigenvalue weighted by Gasteiger charge is -2.29. The number of sulfonamides is 1. The van der Waals surface area contributed by atoms with Crippen LogP contribution in [0.1, 0.15) is 22.3 Å². The number of aromatic nitrogens is 2. The molecule has 9 N–H and O–H groups in total. The van der Waals surface area contributed by atoms with Gasteiger partial charge in [-0.15, -0.1) is 0 Å². The Labute approximate surface area is 222 Å². The van der Waals surface area contributed by atoms with Gasteiger partial charge in [-0.25, -0.2) is 37.8 Å². The van der Waals surface area contributed by atoms with Crippen molar-refractivity contribution in [3.8, 4) is 11.1 Å². The van der Waals surface area contributed by atoms with Gasteiger partial charge in [0.15, 0.2) is 15.7 Å². The molecule has 0 aliphatic carbocycles. The van der Waals surface area contributed by atoms with Gasteiger partial charge in [0.1, 0.15) is 17.6 Å². The van der Waals surface area contributed by atoms with Gasteiger partial charge >= 0.3 is 5.97 Å². The lowest BCUT2D eigenvalue weighted by molar-refractivity contribution is -0.139. The molecule has 2 saturated heterocycles. The zero-order valence-corrected chi connectivity index (χ0v) is 22.0. The molecule has 3 aromatic rings. The number of nitrogens with two attached hydrogens (primary N) is 1. The Kier molecular flexibility index (Phi) is 7.11. The van der Waals surface area contributed by atoms with E-state index < -0.39 is 52.9 Å². The fraction of sp³-hybridized carbons (Fsp3) is 0.286. The smallest absolute Gasteiger partial charge is 0.325 e. The molecule has 0 saturated carbocycles. The average molecular weight is 580 g/mol. The number of H-pyrrole nitrogens is 1. The Bertz CT molecular complexity index is 1680. The van der Waals surface area contributed by atoms with Gasteiger partial charge in [-0.2, -0.15) is 11.1 Å². The number of aromatic amines is 1. The summed E-state index contributed by atoms with van der Waals surface area (Å²) in [5.41, 5.74) is 12.2. The van der Waals surface area contributed by atoms with Crippen LogP contribution in [-0.4, -0.2) is 70.7 Å². The van der Waals surface area contributed by atoms with Crippen molar-refractivity contribution in [2.45, 2.75) is 21.2 Å². The number of amides is 1. The predicted molar refractivity (Wildman–Crippen MR) is 136 cm³/mol. The van der Waals surface area contributed by atoms with Gasteiger partial charge in [0.05, 0.1) is 28.3 Å². The van der Waals surface area contributed by atoms with E-state index in [-0.39, 0.29) is 31.0 Å². The molecule has 0 atom stereocenters. The number of hydrogen-bond donors (Lipinski definition) is 8. The summed E-state index contributed by atoms with van der Waals surface area (Å²) in [5, 5.41) is 10.1. The summed E-state index contributed by atoms with van der Waals surface area (Å²) < 4.78 is 57.3. The van der Waals surface area contributed by atoms with Crippen molar-refractivity contribution in [3.63, 3.8) is 0 Å². The van der Waals surface area contributed by atoms with Crippen molar-refractivity contribution < 1.29 is 31.2 Å². The lowest BCUT2D eigenvalue weighted by Crippen LogP contribution is -2.51. The second-order valence-corrected chi connectivity index (χ2v) is 12.4. The van der Waals surface area contributed by atoms with Crippen LogP contribution in [0.4, 0.5) is 0 Å². The van der Waals surface area contributed by atoms with Crippen molar-refractivity contribution >= 4 is 42.8 Å².